The Labute approximate surface area is 196 Å². The van der Waals surface area contributed by atoms with Gasteiger partial charge in [-0.3, -0.25) is 0 Å². The summed E-state index contributed by atoms with van der Waals surface area (Å²) in [6.45, 7) is 3.82. The Morgan fingerprint density at radius 3 is 1.06 bits per heavy atom. The molecule has 0 unspecified atom stereocenters. The molecule has 34 heavy (non-hydrogen) atoms. The van der Waals surface area contributed by atoms with Crippen LogP contribution in [-0.4, -0.2) is 44.3 Å². The molecule has 2 aromatic carbocycles. The van der Waals surface area contributed by atoms with E-state index >= 15 is 0 Å². The summed E-state index contributed by atoms with van der Waals surface area (Å²) in [7, 11) is 0. The maximum absolute atomic E-state index is 11.8. The van der Waals surface area contributed by atoms with Gasteiger partial charge in [0.25, 0.3) is 0 Å². The Balaban J connectivity index is 2.66. The van der Waals surface area contributed by atoms with Crippen molar-refractivity contribution in [1.82, 2.24) is 0 Å². The van der Waals surface area contributed by atoms with Crippen molar-refractivity contribution in [3.05, 3.63) is 68.8 Å². The molecule has 0 aliphatic carbocycles. The van der Waals surface area contributed by atoms with Gasteiger partial charge in [-0.05, 0) is 61.1 Å². The van der Waals surface area contributed by atoms with Gasteiger partial charge in [0.2, 0.25) is 0 Å². The van der Waals surface area contributed by atoms with E-state index in [0.29, 0.717) is 12.8 Å². The molecule has 2 rings (SSSR count). The van der Waals surface area contributed by atoms with Crippen molar-refractivity contribution in [1.29, 1.82) is 0 Å². The molecular weight excluding hydrogens is 440 g/mol. The number of benzene rings is 2. The van der Waals surface area contributed by atoms with Gasteiger partial charge in [0, 0.05) is 11.1 Å². The van der Waals surface area contributed by atoms with Gasteiger partial charge in [0.1, 0.15) is 0 Å². The lowest BCUT2D eigenvalue weighted by atomic mass is 9.92. The number of hydrogen-bond acceptors (Lipinski definition) is 4. The minimum Gasteiger partial charge on any atom is -0.478 e. The summed E-state index contributed by atoms with van der Waals surface area (Å²) < 4.78 is 0. The molecule has 8 heteroatoms. The average Bonchev–Trinajstić information content (AvgIpc) is 2.79. The van der Waals surface area contributed by atoms with Crippen LogP contribution in [-0.2, 0) is 12.8 Å². The van der Waals surface area contributed by atoms with Crippen molar-refractivity contribution in [2.24, 2.45) is 0 Å². The van der Waals surface area contributed by atoms with E-state index in [1.165, 1.54) is 24.3 Å². The normalized spacial score (nSPS) is 10.3. The fourth-order valence-electron chi connectivity index (χ4n) is 3.64. The summed E-state index contributed by atoms with van der Waals surface area (Å²) in [4.78, 5) is 47.1. The Bertz CT molecular complexity index is 1040. The van der Waals surface area contributed by atoms with Crippen LogP contribution in [0.25, 0.3) is 0 Å². The number of aromatic carboxylic acids is 4. The Morgan fingerprint density at radius 1 is 0.588 bits per heavy atom. The molecule has 0 saturated carbocycles. The molecule has 0 bridgehead atoms. The van der Waals surface area contributed by atoms with Crippen LogP contribution in [0.2, 0.25) is 0 Å². The summed E-state index contributed by atoms with van der Waals surface area (Å²) in [5, 5.41) is 38.4. The second-order valence-corrected chi connectivity index (χ2v) is 7.78. The molecule has 0 aromatic heterocycles. The van der Waals surface area contributed by atoms with Crippen LogP contribution >= 0.6 is 0 Å². The predicted molar refractivity (Wildman–Crippen MR) is 124 cm³/mol. The maximum atomic E-state index is 11.8. The lowest BCUT2D eigenvalue weighted by molar-refractivity contribution is 0.0673. The monoisotopic (exact) mass is 466 g/mol. The quantitative estimate of drug-likeness (QED) is 0.372. The maximum Gasteiger partial charge on any atom is 0.336 e. The van der Waals surface area contributed by atoms with E-state index in [1.54, 1.807) is 0 Å². The number of rotatable bonds is 10. The summed E-state index contributed by atoms with van der Waals surface area (Å²) in [5.74, 6) is 0.219. The van der Waals surface area contributed by atoms with Crippen LogP contribution in [0.5, 0.6) is 0 Å². The zero-order valence-corrected chi connectivity index (χ0v) is 19.0. The van der Waals surface area contributed by atoms with Crippen LogP contribution in [0, 0.1) is 11.8 Å². The van der Waals surface area contributed by atoms with E-state index in [9.17, 15) is 39.6 Å². The molecule has 4 N–H and O–H groups in total. The lowest BCUT2D eigenvalue weighted by Crippen LogP contribution is -2.11. The molecule has 0 spiro atoms. The van der Waals surface area contributed by atoms with E-state index < -0.39 is 23.9 Å². The largest absolute Gasteiger partial charge is 0.478 e. The van der Waals surface area contributed by atoms with Crippen molar-refractivity contribution in [3.8, 4) is 11.8 Å². The fraction of sp³-hybridized carbons (Fsp3) is 0.308. The van der Waals surface area contributed by atoms with Gasteiger partial charge in [0.15, 0.2) is 0 Å². The molecule has 8 nitrogen and oxygen atoms in total. The van der Waals surface area contributed by atoms with E-state index in [2.05, 4.69) is 11.8 Å². The summed E-state index contributed by atoms with van der Waals surface area (Å²) in [6.07, 6.45) is 3.32. The predicted octanol–water partition coefficient (Wildman–Crippen LogP) is 4.56. The van der Waals surface area contributed by atoms with Gasteiger partial charge in [-0.2, -0.15) is 0 Å². The first-order chi connectivity index (χ1) is 16.1. The number of carboxylic acids is 4. The topological polar surface area (TPSA) is 149 Å². The Kier molecular flexibility index (Phi) is 8.96. The molecule has 0 saturated heterocycles. The molecule has 0 aliphatic rings. The van der Waals surface area contributed by atoms with Crippen LogP contribution in [0.3, 0.4) is 0 Å². The minimum atomic E-state index is -1.28. The zero-order valence-electron chi connectivity index (χ0n) is 19.0. The standard InChI is InChI=1S/C26H26O8/c1-3-5-7-17-19(23(27)28)11-15(12-20(17)24(29)30)9-10-16-13-21(25(31)32)18(8-6-4-2)22(14-16)26(33)34/h11-14H,3-8H2,1-2H3,(H,27,28)(H,29,30)(H,31,32)(H,33,34). The molecule has 0 radical (unpaired) electrons. The third kappa shape index (κ3) is 6.23. The van der Waals surface area contributed by atoms with Gasteiger partial charge in [-0.1, -0.05) is 38.5 Å². The molecule has 0 heterocycles. The van der Waals surface area contributed by atoms with Crippen LogP contribution in [0.4, 0.5) is 0 Å². The highest BCUT2D eigenvalue weighted by Gasteiger charge is 2.21. The van der Waals surface area contributed by atoms with Gasteiger partial charge in [0.05, 0.1) is 22.3 Å². The van der Waals surface area contributed by atoms with Gasteiger partial charge < -0.3 is 20.4 Å². The summed E-state index contributed by atoms with van der Waals surface area (Å²) in [5.41, 5.74) is 0.00535. The number of carboxylic acid groups (broad SMARTS) is 4. The molecular formula is C26H26O8. The fourth-order valence-corrected chi connectivity index (χ4v) is 3.64. The SMILES string of the molecule is CCCCc1c(C(=O)O)cc(C#Cc2cc(C(=O)O)c(CCCC)c(C(=O)O)c2)cc1C(=O)O. The van der Waals surface area contributed by atoms with Crippen LogP contribution in [0.15, 0.2) is 24.3 Å². The van der Waals surface area contributed by atoms with Crippen LogP contribution < -0.4 is 0 Å². The highest BCUT2D eigenvalue weighted by molar-refractivity contribution is 5.98. The third-order valence-electron chi connectivity index (χ3n) is 5.33. The Morgan fingerprint density at radius 2 is 0.853 bits per heavy atom. The second kappa shape index (κ2) is 11.7. The van der Waals surface area contributed by atoms with Crippen LogP contribution in [0.1, 0.15) is 103 Å². The first kappa shape index (κ1) is 26.1. The first-order valence-electron chi connectivity index (χ1n) is 10.9. The number of carbonyl (C=O) groups is 4. The van der Waals surface area contributed by atoms with E-state index in [0.717, 1.165) is 12.8 Å². The highest BCUT2D eigenvalue weighted by atomic mass is 16.4. The van der Waals surface area contributed by atoms with E-state index in [4.69, 9.17) is 0 Å². The van der Waals surface area contributed by atoms with Crippen molar-refractivity contribution in [3.63, 3.8) is 0 Å². The van der Waals surface area contributed by atoms with Crippen molar-refractivity contribution >= 4 is 23.9 Å². The molecule has 178 valence electrons. The lowest BCUT2D eigenvalue weighted by Gasteiger charge is -2.11. The minimum absolute atomic E-state index is 0.110. The van der Waals surface area contributed by atoms with E-state index in [1.807, 2.05) is 13.8 Å². The average molecular weight is 466 g/mol. The van der Waals surface area contributed by atoms with Gasteiger partial charge in [-0.15, -0.1) is 0 Å². The number of unbranched alkanes of at least 4 members (excludes halogenated alkanes) is 2. The first-order valence-corrected chi connectivity index (χ1v) is 10.9. The van der Waals surface area contributed by atoms with Gasteiger partial charge in [-0.25, -0.2) is 19.2 Å². The second-order valence-electron chi connectivity index (χ2n) is 7.78. The Hall–Kier alpha value is -4.12. The summed E-state index contributed by atoms with van der Waals surface area (Å²) >= 11 is 0. The van der Waals surface area contributed by atoms with Crippen molar-refractivity contribution < 1.29 is 39.6 Å². The molecule has 0 atom stereocenters. The van der Waals surface area contributed by atoms with Crippen molar-refractivity contribution in [2.45, 2.75) is 52.4 Å². The van der Waals surface area contributed by atoms with Crippen molar-refractivity contribution in [2.75, 3.05) is 0 Å². The zero-order chi connectivity index (χ0) is 25.4. The highest BCUT2D eigenvalue weighted by Crippen LogP contribution is 2.23. The summed E-state index contributed by atoms with van der Waals surface area (Å²) in [6, 6.07) is 5.11. The smallest absolute Gasteiger partial charge is 0.336 e. The van der Waals surface area contributed by atoms with E-state index in [-0.39, 0.29) is 57.3 Å². The molecule has 0 aliphatic heterocycles. The molecule has 0 fully saturated rings. The third-order valence-corrected chi connectivity index (χ3v) is 5.33. The molecule has 2 aromatic rings. The number of hydrogen-bond donors (Lipinski definition) is 4. The van der Waals surface area contributed by atoms with Gasteiger partial charge >= 0.3 is 23.9 Å². The molecule has 0 amide bonds.